The second-order valence-electron chi connectivity index (χ2n) is 5.63. The van der Waals surface area contributed by atoms with Crippen molar-refractivity contribution in [1.82, 2.24) is 5.32 Å². The topological polar surface area (TPSA) is 41.6 Å². The maximum Gasteiger partial charge on any atom is 0.231 e. The molecule has 1 atom stereocenters. The molecule has 1 aromatic rings. The minimum atomic E-state index is 0.136. The van der Waals surface area contributed by atoms with Crippen molar-refractivity contribution in [1.29, 1.82) is 0 Å². The number of methoxy groups -OCH3 is 1. The van der Waals surface area contributed by atoms with Gasteiger partial charge in [-0.05, 0) is 56.0 Å². The van der Waals surface area contributed by atoms with Crippen LogP contribution < -0.4 is 15.0 Å². The van der Waals surface area contributed by atoms with Crippen LogP contribution in [0.2, 0.25) is 0 Å². The van der Waals surface area contributed by atoms with Crippen LogP contribution in [0.1, 0.15) is 24.8 Å². The Hall–Kier alpha value is -1.55. The lowest BCUT2D eigenvalue weighted by Crippen LogP contribution is -2.45. The highest BCUT2D eigenvalue weighted by molar-refractivity contribution is 5.96. The van der Waals surface area contributed by atoms with E-state index in [1.807, 2.05) is 17.0 Å². The van der Waals surface area contributed by atoms with E-state index in [1.165, 1.54) is 5.56 Å². The van der Waals surface area contributed by atoms with E-state index >= 15 is 0 Å². The first kappa shape index (κ1) is 13.4. The van der Waals surface area contributed by atoms with E-state index in [2.05, 4.69) is 11.4 Å². The molecule has 1 fully saturated rings. The number of piperidine rings is 1. The summed E-state index contributed by atoms with van der Waals surface area (Å²) in [7, 11) is 1.68. The lowest BCUT2D eigenvalue weighted by Gasteiger charge is -2.34. The summed E-state index contributed by atoms with van der Waals surface area (Å²) < 4.78 is 5.28. The maximum atomic E-state index is 12.7. The zero-order valence-corrected chi connectivity index (χ0v) is 12.0. The predicted molar refractivity (Wildman–Crippen MR) is 79.3 cm³/mol. The van der Waals surface area contributed by atoms with Gasteiger partial charge >= 0.3 is 0 Å². The monoisotopic (exact) mass is 274 g/mol. The second-order valence-corrected chi connectivity index (χ2v) is 5.63. The molecule has 1 aromatic carbocycles. The molecule has 20 heavy (non-hydrogen) atoms. The zero-order valence-electron chi connectivity index (χ0n) is 12.0. The molecule has 0 aliphatic carbocycles. The molecule has 0 unspecified atom stereocenters. The molecule has 0 saturated carbocycles. The van der Waals surface area contributed by atoms with Gasteiger partial charge in [0.15, 0.2) is 0 Å². The van der Waals surface area contributed by atoms with Crippen LogP contribution in [0.15, 0.2) is 18.2 Å². The van der Waals surface area contributed by atoms with E-state index < -0.39 is 0 Å². The smallest absolute Gasteiger partial charge is 0.231 e. The highest BCUT2D eigenvalue weighted by Crippen LogP contribution is 2.32. The molecule has 2 heterocycles. The number of hydrogen-bond donors (Lipinski definition) is 1. The summed E-state index contributed by atoms with van der Waals surface area (Å²) in [6, 6.07) is 6.04. The van der Waals surface area contributed by atoms with Crippen molar-refractivity contribution in [2.24, 2.45) is 5.92 Å². The van der Waals surface area contributed by atoms with Crippen molar-refractivity contribution >= 4 is 11.6 Å². The Balaban J connectivity index is 1.83. The summed E-state index contributed by atoms with van der Waals surface area (Å²) in [5, 5.41) is 3.33. The van der Waals surface area contributed by atoms with Gasteiger partial charge < -0.3 is 15.0 Å². The number of amides is 1. The fourth-order valence-electron chi connectivity index (χ4n) is 3.21. The number of aryl methyl sites for hydroxylation is 1. The molecule has 1 N–H and O–H groups in total. The lowest BCUT2D eigenvalue weighted by atomic mass is 9.95. The summed E-state index contributed by atoms with van der Waals surface area (Å²) in [6.45, 7) is 2.70. The maximum absolute atomic E-state index is 12.7. The first-order chi connectivity index (χ1) is 9.79. The van der Waals surface area contributed by atoms with Gasteiger partial charge in [0.05, 0.1) is 13.0 Å². The molecule has 0 radical (unpaired) electrons. The van der Waals surface area contributed by atoms with Gasteiger partial charge in [-0.2, -0.15) is 0 Å². The molecule has 108 valence electrons. The van der Waals surface area contributed by atoms with Gasteiger partial charge in [0.25, 0.3) is 0 Å². The first-order valence-corrected chi connectivity index (χ1v) is 7.48. The van der Waals surface area contributed by atoms with Crippen LogP contribution >= 0.6 is 0 Å². The third-order valence-corrected chi connectivity index (χ3v) is 4.32. The van der Waals surface area contributed by atoms with Crippen LogP contribution in [-0.4, -0.2) is 32.7 Å². The number of nitrogens with zero attached hydrogens (tertiary/aromatic N) is 1. The summed E-state index contributed by atoms with van der Waals surface area (Å²) in [6.07, 6.45) is 4.17. The van der Waals surface area contributed by atoms with Crippen molar-refractivity contribution in [3.63, 3.8) is 0 Å². The van der Waals surface area contributed by atoms with Crippen molar-refractivity contribution in [2.75, 3.05) is 31.6 Å². The van der Waals surface area contributed by atoms with Gasteiger partial charge in [-0.15, -0.1) is 0 Å². The SMILES string of the molecule is COc1ccc2c(c1)CCCN2C(=O)[C@H]1CCCNC1. The highest BCUT2D eigenvalue weighted by Gasteiger charge is 2.29. The Kier molecular flexibility index (Phi) is 3.92. The second kappa shape index (κ2) is 5.83. The summed E-state index contributed by atoms with van der Waals surface area (Å²) in [5.74, 6) is 1.29. The molecule has 2 aliphatic rings. The Morgan fingerprint density at radius 1 is 1.40 bits per heavy atom. The van der Waals surface area contributed by atoms with E-state index in [-0.39, 0.29) is 11.8 Å². The van der Waals surface area contributed by atoms with Crippen LogP contribution in [0.3, 0.4) is 0 Å². The van der Waals surface area contributed by atoms with Crippen molar-refractivity contribution in [3.05, 3.63) is 23.8 Å². The molecule has 0 bridgehead atoms. The Morgan fingerprint density at radius 2 is 2.30 bits per heavy atom. The number of hydrogen-bond acceptors (Lipinski definition) is 3. The van der Waals surface area contributed by atoms with E-state index in [0.717, 1.165) is 56.8 Å². The van der Waals surface area contributed by atoms with Gasteiger partial charge in [-0.1, -0.05) is 0 Å². The molecular formula is C16H22N2O2. The van der Waals surface area contributed by atoms with E-state index in [9.17, 15) is 4.79 Å². The molecule has 4 nitrogen and oxygen atoms in total. The summed E-state index contributed by atoms with van der Waals surface area (Å²) >= 11 is 0. The van der Waals surface area contributed by atoms with Crippen molar-refractivity contribution in [2.45, 2.75) is 25.7 Å². The molecule has 1 saturated heterocycles. The fourth-order valence-corrected chi connectivity index (χ4v) is 3.21. The van der Waals surface area contributed by atoms with Crippen molar-refractivity contribution in [3.8, 4) is 5.75 Å². The highest BCUT2D eigenvalue weighted by atomic mass is 16.5. The third-order valence-electron chi connectivity index (χ3n) is 4.32. The van der Waals surface area contributed by atoms with Gasteiger partial charge in [-0.25, -0.2) is 0 Å². The largest absolute Gasteiger partial charge is 0.497 e. The van der Waals surface area contributed by atoms with Crippen LogP contribution in [0, 0.1) is 5.92 Å². The average Bonchev–Trinajstić information content (AvgIpc) is 2.54. The minimum absolute atomic E-state index is 0.136. The Bertz CT molecular complexity index is 495. The summed E-state index contributed by atoms with van der Waals surface area (Å²) in [5.41, 5.74) is 2.31. The molecule has 4 heteroatoms. The Morgan fingerprint density at radius 3 is 3.05 bits per heavy atom. The van der Waals surface area contributed by atoms with E-state index in [4.69, 9.17) is 4.74 Å². The van der Waals surface area contributed by atoms with Crippen LogP contribution in [0.4, 0.5) is 5.69 Å². The van der Waals surface area contributed by atoms with Gasteiger partial charge in [0.2, 0.25) is 5.91 Å². The van der Waals surface area contributed by atoms with Gasteiger partial charge in [-0.3, -0.25) is 4.79 Å². The minimum Gasteiger partial charge on any atom is -0.497 e. The van der Waals surface area contributed by atoms with E-state index in [1.54, 1.807) is 7.11 Å². The number of carbonyl (C=O) groups excluding carboxylic acids is 1. The average molecular weight is 274 g/mol. The van der Waals surface area contributed by atoms with E-state index in [0.29, 0.717) is 0 Å². The molecule has 0 spiro atoms. The van der Waals surface area contributed by atoms with Crippen LogP contribution in [0.25, 0.3) is 0 Å². The molecule has 2 aliphatic heterocycles. The number of benzene rings is 1. The normalized spacial score (nSPS) is 22.2. The van der Waals surface area contributed by atoms with Gasteiger partial charge in [0.1, 0.15) is 5.75 Å². The number of rotatable bonds is 2. The predicted octanol–water partition coefficient (Wildman–Crippen LogP) is 1.97. The van der Waals surface area contributed by atoms with Crippen molar-refractivity contribution < 1.29 is 9.53 Å². The van der Waals surface area contributed by atoms with Crippen LogP contribution in [-0.2, 0) is 11.2 Å². The molecule has 1 amide bonds. The quantitative estimate of drug-likeness (QED) is 0.896. The number of ether oxygens (including phenoxy) is 1. The lowest BCUT2D eigenvalue weighted by molar-refractivity contribution is -0.122. The number of carbonyl (C=O) groups is 1. The zero-order chi connectivity index (χ0) is 13.9. The number of anilines is 1. The number of fused-ring (bicyclic) bond motifs is 1. The fraction of sp³-hybridized carbons (Fsp3) is 0.562. The molecular weight excluding hydrogens is 252 g/mol. The van der Waals surface area contributed by atoms with Crippen LogP contribution in [0.5, 0.6) is 5.75 Å². The summed E-state index contributed by atoms with van der Waals surface area (Å²) in [4.78, 5) is 14.7. The molecule has 0 aromatic heterocycles. The molecule has 3 rings (SSSR count). The number of nitrogens with one attached hydrogen (secondary N) is 1. The standard InChI is InChI=1S/C16H22N2O2/c1-20-14-6-7-15-12(10-14)5-3-9-18(15)16(19)13-4-2-8-17-11-13/h6-7,10,13,17H,2-5,8-9,11H2,1H3/t13-/m0/s1. The van der Waals surface area contributed by atoms with Gasteiger partial charge in [0, 0.05) is 18.8 Å². The first-order valence-electron chi connectivity index (χ1n) is 7.48. The third kappa shape index (κ3) is 2.52. The Labute approximate surface area is 120 Å².